The Kier molecular flexibility index (Phi) is 4.71. The average Bonchev–Trinajstić information content (AvgIpc) is 3.12. The second-order valence-corrected chi connectivity index (χ2v) is 8.16. The van der Waals surface area contributed by atoms with Crippen molar-refractivity contribution >= 4 is 0 Å². The van der Waals surface area contributed by atoms with Crippen LogP contribution in [0.3, 0.4) is 0 Å². The van der Waals surface area contributed by atoms with Crippen molar-refractivity contribution in [3.05, 3.63) is 12.7 Å². The third-order valence-corrected chi connectivity index (χ3v) is 5.81. The molecule has 6 atom stereocenters. The van der Waals surface area contributed by atoms with Gasteiger partial charge in [-0.1, -0.05) is 12.5 Å². The van der Waals surface area contributed by atoms with E-state index in [-0.39, 0.29) is 24.4 Å². The Morgan fingerprint density at radius 1 is 1.04 bits per heavy atom. The lowest BCUT2D eigenvalue weighted by Crippen LogP contribution is -2.59. The van der Waals surface area contributed by atoms with E-state index < -0.39 is 23.8 Å². The van der Waals surface area contributed by atoms with Crippen LogP contribution in [0, 0.1) is 0 Å². The van der Waals surface area contributed by atoms with Crippen LogP contribution >= 0.6 is 0 Å². The molecule has 0 radical (unpaired) electrons. The maximum atomic E-state index is 10.8. The van der Waals surface area contributed by atoms with Crippen LogP contribution in [0.1, 0.15) is 52.4 Å². The van der Waals surface area contributed by atoms with Crippen molar-refractivity contribution < 1.29 is 28.8 Å². The molecule has 4 fully saturated rings. The van der Waals surface area contributed by atoms with Gasteiger partial charge >= 0.3 is 0 Å². The molecule has 0 aromatic rings. The van der Waals surface area contributed by atoms with Crippen molar-refractivity contribution in [2.45, 2.75) is 101 Å². The molecule has 142 valence electrons. The van der Waals surface area contributed by atoms with E-state index in [0.29, 0.717) is 13.0 Å². The first-order valence-electron chi connectivity index (χ1n) is 9.55. The maximum Gasteiger partial charge on any atom is 0.169 e. The molecular formula is C19H30O6. The molecule has 6 nitrogen and oxygen atoms in total. The second kappa shape index (κ2) is 6.59. The highest BCUT2D eigenvalue weighted by Crippen LogP contribution is 2.46. The van der Waals surface area contributed by atoms with Crippen LogP contribution in [0.15, 0.2) is 12.7 Å². The first kappa shape index (κ1) is 17.9. The molecule has 0 aromatic carbocycles. The maximum absolute atomic E-state index is 10.8. The van der Waals surface area contributed by atoms with E-state index in [2.05, 4.69) is 6.58 Å². The molecule has 1 N–H and O–H groups in total. The molecule has 0 amide bonds. The molecule has 0 aromatic heterocycles. The molecule has 4 aliphatic rings. The first-order chi connectivity index (χ1) is 11.9. The van der Waals surface area contributed by atoms with E-state index in [1.807, 2.05) is 13.8 Å². The number of ether oxygens (including phenoxy) is 5. The molecule has 3 saturated heterocycles. The van der Waals surface area contributed by atoms with Crippen molar-refractivity contribution in [1.29, 1.82) is 0 Å². The Hall–Kier alpha value is -0.500. The van der Waals surface area contributed by atoms with Crippen LogP contribution in [-0.4, -0.2) is 59.9 Å². The molecule has 6 heteroatoms. The van der Waals surface area contributed by atoms with Gasteiger partial charge in [-0.15, -0.1) is 6.58 Å². The Balaban J connectivity index is 1.58. The van der Waals surface area contributed by atoms with Crippen molar-refractivity contribution in [1.82, 2.24) is 0 Å². The summed E-state index contributed by atoms with van der Waals surface area (Å²) in [6.45, 7) is 8.04. The van der Waals surface area contributed by atoms with E-state index >= 15 is 0 Å². The van der Waals surface area contributed by atoms with Gasteiger partial charge in [-0.25, -0.2) is 0 Å². The predicted octanol–water partition coefficient (Wildman–Crippen LogP) is 2.29. The topological polar surface area (TPSA) is 66.4 Å². The van der Waals surface area contributed by atoms with Crippen molar-refractivity contribution in [3.63, 3.8) is 0 Å². The van der Waals surface area contributed by atoms with Gasteiger partial charge in [0.1, 0.15) is 30.5 Å². The van der Waals surface area contributed by atoms with Gasteiger partial charge < -0.3 is 28.8 Å². The van der Waals surface area contributed by atoms with E-state index in [1.54, 1.807) is 6.08 Å². The van der Waals surface area contributed by atoms with Crippen LogP contribution in [-0.2, 0) is 23.7 Å². The Bertz CT molecular complexity index is 500. The van der Waals surface area contributed by atoms with Crippen molar-refractivity contribution in [3.8, 4) is 0 Å². The fourth-order valence-electron chi connectivity index (χ4n) is 4.61. The number of rotatable bonds is 3. The fraction of sp³-hybridized carbons (Fsp3) is 0.895. The lowest BCUT2D eigenvalue weighted by molar-refractivity contribution is -0.227. The molecule has 1 aliphatic carbocycles. The highest BCUT2D eigenvalue weighted by atomic mass is 16.8. The molecule has 0 bridgehead atoms. The third kappa shape index (κ3) is 3.29. The fourth-order valence-corrected chi connectivity index (χ4v) is 4.61. The molecule has 1 spiro atoms. The van der Waals surface area contributed by atoms with Crippen molar-refractivity contribution in [2.75, 3.05) is 6.61 Å². The molecular weight excluding hydrogens is 324 g/mol. The largest absolute Gasteiger partial charge is 0.388 e. The van der Waals surface area contributed by atoms with Gasteiger partial charge in [-0.05, 0) is 33.1 Å². The minimum atomic E-state index is -0.726. The molecule has 1 unspecified atom stereocenters. The predicted molar refractivity (Wildman–Crippen MR) is 89.9 cm³/mol. The average molecular weight is 354 g/mol. The number of hydrogen-bond acceptors (Lipinski definition) is 6. The summed E-state index contributed by atoms with van der Waals surface area (Å²) in [5, 5.41) is 10.8. The number of aliphatic hydroxyl groups is 1. The number of hydrogen-bond donors (Lipinski definition) is 1. The van der Waals surface area contributed by atoms with Crippen LogP contribution in [0.25, 0.3) is 0 Å². The molecule has 3 aliphatic heterocycles. The van der Waals surface area contributed by atoms with Gasteiger partial charge in [0.05, 0.1) is 12.7 Å². The van der Waals surface area contributed by atoms with Gasteiger partial charge in [0.25, 0.3) is 0 Å². The zero-order valence-corrected chi connectivity index (χ0v) is 15.2. The summed E-state index contributed by atoms with van der Waals surface area (Å²) in [5.41, 5.74) is 0. The monoisotopic (exact) mass is 354 g/mol. The number of aliphatic hydroxyl groups excluding tert-OH is 1. The van der Waals surface area contributed by atoms with E-state index in [1.165, 1.54) is 6.42 Å². The van der Waals surface area contributed by atoms with Crippen LogP contribution in [0.5, 0.6) is 0 Å². The summed E-state index contributed by atoms with van der Waals surface area (Å²) >= 11 is 0. The summed E-state index contributed by atoms with van der Waals surface area (Å²) in [7, 11) is 0. The minimum Gasteiger partial charge on any atom is -0.388 e. The molecule has 25 heavy (non-hydrogen) atoms. The SMILES string of the molecule is C=CCC1O[C@@H]([C@H]2COC(C)(C)O2)[C@H]2OC3(CCCCC3)O[C@H]2[C@H]1O. The number of fused-ring (bicyclic) bond motifs is 1. The van der Waals surface area contributed by atoms with Crippen LogP contribution < -0.4 is 0 Å². The summed E-state index contributed by atoms with van der Waals surface area (Å²) < 4.78 is 30.8. The zero-order chi connectivity index (χ0) is 17.7. The smallest absolute Gasteiger partial charge is 0.169 e. The molecule has 3 heterocycles. The van der Waals surface area contributed by atoms with Crippen molar-refractivity contribution in [2.24, 2.45) is 0 Å². The highest BCUT2D eigenvalue weighted by Gasteiger charge is 2.60. The van der Waals surface area contributed by atoms with E-state index in [4.69, 9.17) is 23.7 Å². The molecule has 1 saturated carbocycles. The summed E-state index contributed by atoms with van der Waals surface area (Å²) in [6, 6.07) is 0. The quantitative estimate of drug-likeness (QED) is 0.785. The van der Waals surface area contributed by atoms with Crippen LogP contribution in [0.4, 0.5) is 0 Å². The van der Waals surface area contributed by atoms with Crippen LogP contribution in [0.2, 0.25) is 0 Å². The summed E-state index contributed by atoms with van der Waals surface area (Å²) in [6.07, 6.45) is 5.10. The van der Waals surface area contributed by atoms with Gasteiger partial charge in [-0.2, -0.15) is 0 Å². The van der Waals surface area contributed by atoms with E-state index in [9.17, 15) is 5.11 Å². The first-order valence-corrected chi connectivity index (χ1v) is 9.55. The van der Waals surface area contributed by atoms with Gasteiger partial charge in [0.2, 0.25) is 0 Å². The standard InChI is InChI=1S/C19H30O6/c1-4-8-12-14(20)16-17(25-19(24-16)9-6-5-7-10-19)15(22-12)13-11-21-18(2,3)23-13/h4,12-17,20H,1,5-11H2,2-3H3/t12?,13-,14+,15+,16+,17-/m1/s1. The van der Waals surface area contributed by atoms with Gasteiger partial charge in [0.15, 0.2) is 11.6 Å². The minimum absolute atomic E-state index is 0.232. The Morgan fingerprint density at radius 2 is 1.76 bits per heavy atom. The highest BCUT2D eigenvalue weighted by molar-refractivity contribution is 5.04. The zero-order valence-electron chi connectivity index (χ0n) is 15.2. The summed E-state index contributed by atoms with van der Waals surface area (Å²) in [4.78, 5) is 0. The Morgan fingerprint density at radius 3 is 2.40 bits per heavy atom. The lowest BCUT2D eigenvalue weighted by Gasteiger charge is -2.41. The lowest BCUT2D eigenvalue weighted by atomic mass is 9.91. The third-order valence-electron chi connectivity index (χ3n) is 5.81. The normalized spacial score (nSPS) is 45.4. The van der Waals surface area contributed by atoms with E-state index in [0.717, 1.165) is 25.7 Å². The summed E-state index contributed by atoms with van der Waals surface area (Å²) in [5.74, 6) is -1.20. The van der Waals surface area contributed by atoms with Gasteiger partial charge in [0, 0.05) is 12.8 Å². The van der Waals surface area contributed by atoms with Gasteiger partial charge in [-0.3, -0.25) is 0 Å². The molecule has 4 rings (SSSR count). The second-order valence-electron chi connectivity index (χ2n) is 8.16. The Labute approximate surface area is 149 Å².